The summed E-state index contributed by atoms with van der Waals surface area (Å²) in [5.41, 5.74) is 4.07. The van der Waals surface area contributed by atoms with Crippen LogP contribution in [0.5, 0.6) is 0 Å². The Balaban J connectivity index is 0. The normalized spacial score (nSPS) is 16.9. The van der Waals surface area contributed by atoms with E-state index < -0.39 is 0 Å². The number of hydrogen-bond donors (Lipinski definition) is 0. The SMILES string of the molecule is C=C/C(=C\C=C(/C)C(C)C)C(=O)N1CCC(C#N)CC1.CC(C)C.CC(C)C.CC/C(=C\C=C(/C)C(=O)N1CCC(OC)CC1)C(C)C. The van der Waals surface area contributed by atoms with E-state index in [0.717, 1.165) is 62.6 Å². The summed E-state index contributed by atoms with van der Waals surface area (Å²) in [6.07, 6.45) is 14.3. The number of carbonyl (C=O) groups excluding carboxylic acids is 2. The molecular weight excluding hydrogens is 594 g/mol. The Morgan fingerprint density at radius 3 is 1.60 bits per heavy atom. The number of hydrogen-bond acceptors (Lipinski definition) is 4. The first-order chi connectivity index (χ1) is 22.4. The van der Waals surface area contributed by atoms with E-state index in [4.69, 9.17) is 10.00 Å². The van der Waals surface area contributed by atoms with Crippen molar-refractivity contribution >= 4 is 11.8 Å². The van der Waals surface area contributed by atoms with Crippen molar-refractivity contribution in [3.8, 4) is 6.07 Å². The highest BCUT2D eigenvalue weighted by Gasteiger charge is 2.24. The van der Waals surface area contributed by atoms with Gasteiger partial charge in [0.05, 0.1) is 12.2 Å². The summed E-state index contributed by atoms with van der Waals surface area (Å²) in [5.74, 6) is 2.95. The molecule has 0 saturated carbocycles. The first-order valence-corrected chi connectivity index (χ1v) is 18.3. The highest BCUT2D eigenvalue weighted by molar-refractivity contribution is 5.96. The lowest BCUT2D eigenvalue weighted by Gasteiger charge is -2.31. The van der Waals surface area contributed by atoms with Gasteiger partial charge in [-0.25, -0.2) is 0 Å². The second kappa shape index (κ2) is 27.0. The molecule has 0 aliphatic carbocycles. The number of likely N-dealkylation sites (tertiary alicyclic amines) is 2. The lowest BCUT2D eigenvalue weighted by atomic mass is 9.98. The Bertz CT molecular complexity index is 1070. The number of nitriles is 1. The molecule has 2 heterocycles. The van der Waals surface area contributed by atoms with E-state index in [-0.39, 0.29) is 17.7 Å². The molecule has 48 heavy (non-hydrogen) atoms. The van der Waals surface area contributed by atoms with Gasteiger partial charge in [0, 0.05) is 50.4 Å². The first kappa shape index (κ1) is 47.2. The molecule has 6 nitrogen and oxygen atoms in total. The number of nitrogens with zero attached hydrogens (tertiary/aromatic N) is 3. The number of ether oxygens (including phenoxy) is 1. The fourth-order valence-corrected chi connectivity index (χ4v) is 4.60. The maximum Gasteiger partial charge on any atom is 0.253 e. The summed E-state index contributed by atoms with van der Waals surface area (Å²) in [7, 11) is 1.75. The van der Waals surface area contributed by atoms with Crippen LogP contribution in [0.25, 0.3) is 0 Å². The molecule has 274 valence electrons. The van der Waals surface area contributed by atoms with Gasteiger partial charge < -0.3 is 14.5 Å². The lowest BCUT2D eigenvalue weighted by Crippen LogP contribution is -2.40. The Kier molecular flexibility index (Phi) is 26.5. The number of allylic oxidation sites excluding steroid dienone is 6. The van der Waals surface area contributed by atoms with E-state index in [9.17, 15) is 9.59 Å². The van der Waals surface area contributed by atoms with Gasteiger partial charge in [0.25, 0.3) is 5.91 Å². The lowest BCUT2D eigenvalue weighted by molar-refractivity contribution is -0.129. The molecule has 2 saturated heterocycles. The van der Waals surface area contributed by atoms with Crippen LogP contribution in [0.1, 0.15) is 122 Å². The zero-order chi connectivity index (χ0) is 37.4. The third-order valence-electron chi connectivity index (χ3n) is 7.97. The van der Waals surface area contributed by atoms with Gasteiger partial charge in [0.15, 0.2) is 0 Å². The fourth-order valence-electron chi connectivity index (χ4n) is 4.60. The van der Waals surface area contributed by atoms with Gasteiger partial charge in [-0.15, -0.1) is 0 Å². The molecule has 0 unspecified atom stereocenters. The number of rotatable bonds is 9. The van der Waals surface area contributed by atoms with Crippen LogP contribution in [-0.4, -0.2) is 61.0 Å². The molecule has 0 aromatic heterocycles. The minimum Gasteiger partial charge on any atom is -0.381 e. The zero-order valence-electron chi connectivity index (χ0n) is 33.5. The molecule has 0 atom stereocenters. The second-order valence-electron chi connectivity index (χ2n) is 14.9. The molecule has 0 radical (unpaired) electrons. The third kappa shape index (κ3) is 21.9. The summed E-state index contributed by atoms with van der Waals surface area (Å²) >= 11 is 0. The molecule has 2 aliphatic rings. The van der Waals surface area contributed by atoms with E-state index >= 15 is 0 Å². The van der Waals surface area contributed by atoms with Crippen molar-refractivity contribution in [1.29, 1.82) is 5.26 Å². The van der Waals surface area contributed by atoms with Crippen LogP contribution in [0.2, 0.25) is 0 Å². The van der Waals surface area contributed by atoms with Crippen LogP contribution < -0.4 is 0 Å². The second-order valence-corrected chi connectivity index (χ2v) is 14.9. The molecule has 0 aromatic carbocycles. The summed E-state index contributed by atoms with van der Waals surface area (Å²) in [6.45, 7) is 34.4. The van der Waals surface area contributed by atoms with Gasteiger partial charge >= 0.3 is 0 Å². The average molecular weight is 668 g/mol. The number of piperidine rings is 2. The quantitative estimate of drug-likeness (QED) is 0.181. The standard InChI is InChI=1S/C17H24N2O.C17H29NO2.2C4H10/c1-5-16(7-6-14(4)13(2)3)17(20)19-10-8-15(12-18)9-11-19;1-6-15(13(2)3)8-7-14(4)17(19)18-11-9-16(20-5)10-12-18;2*1-4(2)3/h5-7,13,15H,1,8-11H2,2-4H3;7-8,13,16H,6,9-12H2,1-5H3;2*4H,1-3H3/b14-6+,16-7+;14-7+,15-8+;;. The van der Waals surface area contributed by atoms with Gasteiger partial charge in [-0.2, -0.15) is 5.26 Å². The summed E-state index contributed by atoms with van der Waals surface area (Å²) in [4.78, 5) is 28.5. The summed E-state index contributed by atoms with van der Waals surface area (Å²) < 4.78 is 5.34. The predicted octanol–water partition coefficient (Wildman–Crippen LogP) is 10.4. The molecule has 2 fully saturated rings. The van der Waals surface area contributed by atoms with E-state index in [1.54, 1.807) is 13.2 Å². The van der Waals surface area contributed by atoms with Crippen LogP contribution in [0.15, 0.2) is 59.3 Å². The van der Waals surface area contributed by atoms with Crippen molar-refractivity contribution in [2.75, 3.05) is 33.3 Å². The van der Waals surface area contributed by atoms with Gasteiger partial charge in [-0.3, -0.25) is 9.59 Å². The highest BCUT2D eigenvalue weighted by Crippen LogP contribution is 2.19. The molecule has 0 spiro atoms. The number of amides is 2. The average Bonchev–Trinajstić information content (AvgIpc) is 3.04. The Morgan fingerprint density at radius 1 is 0.771 bits per heavy atom. The molecule has 6 heteroatoms. The monoisotopic (exact) mass is 668 g/mol. The molecule has 2 amide bonds. The maximum atomic E-state index is 12.4. The fraction of sp³-hybridized carbons (Fsp3) is 0.690. The topological polar surface area (TPSA) is 73.6 Å². The number of carbonyl (C=O) groups is 2. The minimum atomic E-state index is 0.0178. The van der Waals surface area contributed by atoms with Crippen molar-refractivity contribution in [1.82, 2.24) is 9.80 Å². The maximum absolute atomic E-state index is 12.4. The van der Waals surface area contributed by atoms with Gasteiger partial charge in [-0.05, 0) is 75.7 Å². The molecule has 0 bridgehead atoms. The molecule has 2 aliphatic heterocycles. The van der Waals surface area contributed by atoms with Gasteiger partial charge in [0.1, 0.15) is 0 Å². The largest absolute Gasteiger partial charge is 0.381 e. The third-order valence-corrected chi connectivity index (χ3v) is 7.97. The van der Waals surface area contributed by atoms with E-state index in [1.807, 2.05) is 35.0 Å². The van der Waals surface area contributed by atoms with Crippen molar-refractivity contribution in [3.63, 3.8) is 0 Å². The molecule has 2 rings (SSSR count). The Morgan fingerprint density at radius 2 is 1.23 bits per heavy atom. The number of methoxy groups -OCH3 is 1. The van der Waals surface area contributed by atoms with Crippen molar-refractivity contribution in [2.24, 2.45) is 29.6 Å². The Labute approximate surface area is 297 Å². The van der Waals surface area contributed by atoms with Crippen LogP contribution in [-0.2, 0) is 14.3 Å². The van der Waals surface area contributed by atoms with Crippen LogP contribution in [0.4, 0.5) is 0 Å². The van der Waals surface area contributed by atoms with E-state index in [2.05, 4.69) is 102 Å². The van der Waals surface area contributed by atoms with Crippen molar-refractivity contribution in [2.45, 2.75) is 128 Å². The zero-order valence-corrected chi connectivity index (χ0v) is 33.5. The minimum absolute atomic E-state index is 0.0178. The van der Waals surface area contributed by atoms with Gasteiger partial charge in [0.2, 0.25) is 5.91 Å². The smallest absolute Gasteiger partial charge is 0.253 e. The van der Waals surface area contributed by atoms with Crippen LogP contribution in [0, 0.1) is 40.9 Å². The molecular formula is C42H73N3O3. The highest BCUT2D eigenvalue weighted by atomic mass is 16.5. The Hall–Kier alpha value is -2.91. The summed E-state index contributed by atoms with van der Waals surface area (Å²) in [5, 5.41) is 8.88. The molecule has 0 aromatic rings. The van der Waals surface area contributed by atoms with E-state index in [0.29, 0.717) is 36.6 Å². The predicted molar refractivity (Wildman–Crippen MR) is 206 cm³/mol. The first-order valence-electron chi connectivity index (χ1n) is 18.3. The van der Waals surface area contributed by atoms with Crippen LogP contribution >= 0.6 is 0 Å². The molecule has 0 N–H and O–H groups in total. The van der Waals surface area contributed by atoms with E-state index in [1.165, 1.54) is 11.1 Å². The van der Waals surface area contributed by atoms with Crippen molar-refractivity contribution in [3.05, 3.63) is 59.3 Å². The van der Waals surface area contributed by atoms with Crippen molar-refractivity contribution < 1.29 is 14.3 Å². The van der Waals surface area contributed by atoms with Crippen LogP contribution in [0.3, 0.4) is 0 Å². The summed E-state index contributed by atoms with van der Waals surface area (Å²) in [6, 6.07) is 2.28. The van der Waals surface area contributed by atoms with Gasteiger partial charge in [-0.1, -0.05) is 118 Å².